The predicted octanol–water partition coefficient (Wildman–Crippen LogP) is 2.68. The van der Waals surface area contributed by atoms with Crippen LogP contribution in [0.2, 0.25) is 0 Å². The highest BCUT2D eigenvalue weighted by molar-refractivity contribution is 5.84. The van der Waals surface area contributed by atoms with Crippen LogP contribution in [0.5, 0.6) is 0 Å². The molecule has 1 N–H and O–H groups in total. The van der Waals surface area contributed by atoms with E-state index in [4.69, 9.17) is 0 Å². The normalized spacial score (nSPS) is 18.5. The summed E-state index contributed by atoms with van der Waals surface area (Å²) in [6.07, 6.45) is 2.03. The fourth-order valence-electron chi connectivity index (χ4n) is 2.43. The van der Waals surface area contributed by atoms with Gasteiger partial charge in [-0.25, -0.2) is 4.79 Å². The van der Waals surface area contributed by atoms with Crippen molar-refractivity contribution in [3.05, 3.63) is 29.8 Å². The molecule has 1 atom stereocenters. The van der Waals surface area contributed by atoms with Gasteiger partial charge in [0.1, 0.15) is 5.54 Å². The van der Waals surface area contributed by atoms with Crippen LogP contribution in [0.15, 0.2) is 24.3 Å². The van der Waals surface area contributed by atoms with Gasteiger partial charge in [0.2, 0.25) is 0 Å². The molecule has 0 spiro atoms. The highest BCUT2D eigenvalue weighted by atomic mass is 16.4. The van der Waals surface area contributed by atoms with Crippen LogP contribution >= 0.6 is 0 Å². The van der Waals surface area contributed by atoms with Gasteiger partial charge in [0.15, 0.2) is 0 Å². The predicted molar refractivity (Wildman–Crippen MR) is 68.3 cm³/mol. The number of likely N-dealkylation sites (N-methyl/N-ethyl adjacent to an activating group) is 1. The summed E-state index contributed by atoms with van der Waals surface area (Å²) in [7, 11) is 1.88. The minimum Gasteiger partial charge on any atom is -0.479 e. The van der Waals surface area contributed by atoms with Gasteiger partial charge in [-0.05, 0) is 44.2 Å². The number of aliphatic carboxylic acids is 1. The number of aryl methyl sites for hydroxylation is 1. The van der Waals surface area contributed by atoms with Gasteiger partial charge in [-0.2, -0.15) is 0 Å². The van der Waals surface area contributed by atoms with Crippen LogP contribution in [-0.2, 0) is 4.79 Å². The number of benzene rings is 1. The Hall–Kier alpha value is -1.51. The fraction of sp³-hybridized carbons (Fsp3) is 0.500. The Bertz CT molecular complexity index is 440. The minimum absolute atomic E-state index is 0.268. The number of para-hydroxylation sites is 1. The molecule has 1 aromatic rings. The second-order valence-corrected chi connectivity index (χ2v) is 5.07. The first kappa shape index (κ1) is 12.0. The molecular formula is C14H19NO2. The topological polar surface area (TPSA) is 40.5 Å². The minimum atomic E-state index is -0.786. The molecule has 92 valence electrons. The van der Waals surface area contributed by atoms with Crippen LogP contribution in [-0.4, -0.2) is 23.7 Å². The molecular weight excluding hydrogens is 214 g/mol. The quantitative estimate of drug-likeness (QED) is 0.869. The van der Waals surface area contributed by atoms with Crippen molar-refractivity contribution in [2.75, 3.05) is 11.9 Å². The number of carboxylic acids is 1. The van der Waals surface area contributed by atoms with Crippen LogP contribution in [0, 0.1) is 12.8 Å². The van der Waals surface area contributed by atoms with Crippen LogP contribution < -0.4 is 4.90 Å². The fourth-order valence-corrected chi connectivity index (χ4v) is 2.43. The Morgan fingerprint density at radius 2 is 2.00 bits per heavy atom. The molecule has 0 radical (unpaired) electrons. The van der Waals surface area contributed by atoms with Gasteiger partial charge in [-0.15, -0.1) is 0 Å². The summed E-state index contributed by atoms with van der Waals surface area (Å²) < 4.78 is 0. The molecule has 0 bridgehead atoms. The van der Waals surface area contributed by atoms with Crippen LogP contribution in [0.3, 0.4) is 0 Å². The number of carboxylic acid groups (broad SMARTS) is 1. The zero-order valence-electron chi connectivity index (χ0n) is 10.6. The highest BCUT2D eigenvalue weighted by Gasteiger charge is 2.50. The lowest BCUT2D eigenvalue weighted by atomic mass is 9.92. The summed E-state index contributed by atoms with van der Waals surface area (Å²) in [5.74, 6) is -0.463. The summed E-state index contributed by atoms with van der Waals surface area (Å²) in [5.41, 5.74) is 1.33. The van der Waals surface area contributed by atoms with E-state index < -0.39 is 11.5 Å². The van der Waals surface area contributed by atoms with Gasteiger partial charge >= 0.3 is 5.97 Å². The number of rotatable bonds is 4. The first-order valence-electron chi connectivity index (χ1n) is 6.00. The Morgan fingerprint density at radius 1 is 1.41 bits per heavy atom. The molecule has 1 saturated carbocycles. The van der Waals surface area contributed by atoms with Crippen molar-refractivity contribution < 1.29 is 9.90 Å². The van der Waals surface area contributed by atoms with Gasteiger partial charge in [-0.3, -0.25) is 0 Å². The molecule has 1 fully saturated rings. The number of hydrogen-bond acceptors (Lipinski definition) is 2. The van der Waals surface area contributed by atoms with E-state index in [1.165, 1.54) is 0 Å². The molecule has 0 heterocycles. The number of hydrogen-bond donors (Lipinski definition) is 1. The Kier molecular flexibility index (Phi) is 2.86. The zero-order valence-corrected chi connectivity index (χ0v) is 10.6. The first-order valence-corrected chi connectivity index (χ1v) is 6.00. The molecule has 1 aliphatic carbocycles. The van der Waals surface area contributed by atoms with E-state index in [2.05, 4.69) is 0 Å². The third kappa shape index (κ3) is 1.90. The summed E-state index contributed by atoms with van der Waals surface area (Å²) in [6, 6.07) is 7.93. The molecule has 2 rings (SSSR count). The van der Waals surface area contributed by atoms with E-state index in [-0.39, 0.29) is 5.92 Å². The lowest BCUT2D eigenvalue weighted by Gasteiger charge is -2.38. The maximum absolute atomic E-state index is 11.6. The first-order chi connectivity index (χ1) is 7.98. The van der Waals surface area contributed by atoms with E-state index in [1.54, 1.807) is 0 Å². The van der Waals surface area contributed by atoms with Gasteiger partial charge in [0.05, 0.1) is 0 Å². The average molecular weight is 233 g/mol. The third-order valence-corrected chi connectivity index (χ3v) is 3.98. The van der Waals surface area contributed by atoms with Crippen molar-refractivity contribution in [2.24, 2.45) is 5.92 Å². The maximum Gasteiger partial charge on any atom is 0.329 e. The van der Waals surface area contributed by atoms with E-state index in [0.717, 1.165) is 24.1 Å². The second kappa shape index (κ2) is 4.06. The highest BCUT2D eigenvalue weighted by Crippen LogP contribution is 2.44. The molecule has 3 heteroatoms. The smallest absolute Gasteiger partial charge is 0.329 e. The Balaban J connectivity index is 2.38. The van der Waals surface area contributed by atoms with Gasteiger partial charge in [0, 0.05) is 12.7 Å². The Labute approximate surface area is 102 Å². The molecule has 1 aromatic carbocycles. The summed E-state index contributed by atoms with van der Waals surface area (Å²) in [6.45, 7) is 3.85. The number of carbonyl (C=O) groups is 1. The van der Waals surface area contributed by atoms with Gasteiger partial charge in [-0.1, -0.05) is 18.2 Å². The molecule has 0 saturated heterocycles. The largest absolute Gasteiger partial charge is 0.479 e. The van der Waals surface area contributed by atoms with E-state index in [9.17, 15) is 9.90 Å². The average Bonchev–Trinajstić information content (AvgIpc) is 3.11. The SMILES string of the molecule is Cc1ccccc1N(C)C(C)(C(=O)O)C1CC1. The Morgan fingerprint density at radius 3 is 2.47 bits per heavy atom. The summed E-state index contributed by atoms with van der Waals surface area (Å²) in [5, 5.41) is 9.52. The molecule has 17 heavy (non-hydrogen) atoms. The van der Waals surface area contributed by atoms with E-state index in [0.29, 0.717) is 0 Å². The van der Waals surface area contributed by atoms with Crippen molar-refractivity contribution in [1.82, 2.24) is 0 Å². The molecule has 0 amide bonds. The maximum atomic E-state index is 11.6. The van der Waals surface area contributed by atoms with Crippen molar-refractivity contribution in [3.8, 4) is 0 Å². The van der Waals surface area contributed by atoms with Crippen molar-refractivity contribution in [3.63, 3.8) is 0 Å². The second-order valence-electron chi connectivity index (χ2n) is 5.07. The van der Waals surface area contributed by atoms with Crippen molar-refractivity contribution in [2.45, 2.75) is 32.2 Å². The number of anilines is 1. The molecule has 1 aliphatic rings. The van der Waals surface area contributed by atoms with Crippen LogP contribution in [0.25, 0.3) is 0 Å². The van der Waals surface area contributed by atoms with Gasteiger partial charge < -0.3 is 10.0 Å². The number of nitrogens with zero attached hydrogens (tertiary/aromatic N) is 1. The van der Waals surface area contributed by atoms with Crippen LogP contribution in [0.4, 0.5) is 5.69 Å². The molecule has 1 unspecified atom stereocenters. The third-order valence-electron chi connectivity index (χ3n) is 3.98. The van der Waals surface area contributed by atoms with Crippen molar-refractivity contribution >= 4 is 11.7 Å². The van der Waals surface area contributed by atoms with Crippen LogP contribution in [0.1, 0.15) is 25.3 Å². The molecule has 0 aromatic heterocycles. The lowest BCUT2D eigenvalue weighted by molar-refractivity contribution is -0.143. The van der Waals surface area contributed by atoms with E-state index >= 15 is 0 Å². The molecule has 3 nitrogen and oxygen atoms in total. The standard InChI is InChI=1S/C14H19NO2/c1-10-6-4-5-7-12(10)15(3)14(2,13(16)17)11-8-9-11/h4-7,11H,8-9H2,1-3H3,(H,16,17). The van der Waals surface area contributed by atoms with Crippen molar-refractivity contribution in [1.29, 1.82) is 0 Å². The van der Waals surface area contributed by atoms with E-state index in [1.807, 2.05) is 50.1 Å². The zero-order chi connectivity index (χ0) is 12.6. The summed E-state index contributed by atoms with van der Waals surface area (Å²) in [4.78, 5) is 13.5. The lowest BCUT2D eigenvalue weighted by Crippen LogP contribution is -2.53. The monoisotopic (exact) mass is 233 g/mol. The molecule has 0 aliphatic heterocycles. The summed E-state index contributed by atoms with van der Waals surface area (Å²) >= 11 is 0. The van der Waals surface area contributed by atoms with Gasteiger partial charge in [0.25, 0.3) is 0 Å².